The summed E-state index contributed by atoms with van der Waals surface area (Å²) in [5.41, 5.74) is 2.87. The molecule has 112 valence electrons. The van der Waals surface area contributed by atoms with E-state index in [-0.39, 0.29) is 5.69 Å². The molecular weight excluding hydrogens is 266 g/mol. The average Bonchev–Trinajstić information content (AvgIpc) is 2.73. The second-order valence-electron chi connectivity index (χ2n) is 5.82. The van der Waals surface area contributed by atoms with Crippen LogP contribution >= 0.6 is 0 Å². The van der Waals surface area contributed by atoms with Crippen LogP contribution in [-0.2, 0) is 6.42 Å². The fourth-order valence-electron chi connectivity index (χ4n) is 3.20. The van der Waals surface area contributed by atoms with E-state index in [0.29, 0.717) is 11.6 Å². The van der Waals surface area contributed by atoms with Gasteiger partial charge in [0.05, 0.1) is 0 Å². The zero-order chi connectivity index (χ0) is 14.8. The van der Waals surface area contributed by atoms with Crippen molar-refractivity contribution in [2.24, 2.45) is 0 Å². The molecule has 0 amide bonds. The zero-order valence-corrected chi connectivity index (χ0v) is 12.4. The van der Waals surface area contributed by atoms with Crippen molar-refractivity contribution in [3.05, 3.63) is 29.2 Å². The Morgan fingerprint density at radius 3 is 2.62 bits per heavy atom. The maximum atomic E-state index is 11.1. The smallest absolute Gasteiger partial charge is 0.356 e. The van der Waals surface area contributed by atoms with Crippen molar-refractivity contribution in [1.82, 2.24) is 14.6 Å². The molecule has 0 spiro atoms. The highest BCUT2D eigenvalue weighted by Gasteiger charge is 2.19. The lowest BCUT2D eigenvalue weighted by Crippen LogP contribution is -2.07. The van der Waals surface area contributed by atoms with Crippen LogP contribution in [0, 0.1) is 0 Å². The van der Waals surface area contributed by atoms with E-state index in [1.165, 1.54) is 38.5 Å². The molecule has 5 heteroatoms. The minimum atomic E-state index is -1.00. The van der Waals surface area contributed by atoms with Crippen LogP contribution in [0.4, 0.5) is 0 Å². The van der Waals surface area contributed by atoms with Gasteiger partial charge in [-0.25, -0.2) is 14.3 Å². The molecule has 0 aliphatic heterocycles. The molecule has 2 aromatic heterocycles. The lowest BCUT2D eigenvalue weighted by Gasteiger charge is -2.15. The highest BCUT2D eigenvalue weighted by Crippen LogP contribution is 2.31. The topological polar surface area (TPSA) is 67.5 Å². The largest absolute Gasteiger partial charge is 0.476 e. The van der Waals surface area contributed by atoms with Gasteiger partial charge in [0.15, 0.2) is 11.3 Å². The Hall–Kier alpha value is -1.91. The summed E-state index contributed by atoms with van der Waals surface area (Å²) < 4.78 is 1.67. The molecule has 1 N–H and O–H groups in total. The number of hydrogen-bond acceptors (Lipinski definition) is 3. The van der Waals surface area contributed by atoms with Gasteiger partial charge < -0.3 is 5.11 Å². The minimum absolute atomic E-state index is 0.0650. The van der Waals surface area contributed by atoms with Gasteiger partial charge >= 0.3 is 5.97 Å². The summed E-state index contributed by atoms with van der Waals surface area (Å²) >= 11 is 0. The highest BCUT2D eigenvalue weighted by atomic mass is 16.4. The summed E-state index contributed by atoms with van der Waals surface area (Å²) in [6.07, 6.45) is 8.35. The van der Waals surface area contributed by atoms with Gasteiger partial charge in [-0.2, -0.15) is 5.10 Å². The summed E-state index contributed by atoms with van der Waals surface area (Å²) in [5, 5.41) is 13.2. The van der Waals surface area contributed by atoms with E-state index in [1.54, 1.807) is 10.6 Å². The van der Waals surface area contributed by atoms with E-state index in [1.807, 2.05) is 0 Å². The highest BCUT2D eigenvalue weighted by molar-refractivity contribution is 5.86. The van der Waals surface area contributed by atoms with E-state index in [9.17, 15) is 4.79 Å². The second kappa shape index (κ2) is 5.84. The molecule has 0 aromatic carbocycles. The molecule has 0 saturated heterocycles. The Morgan fingerprint density at radius 2 is 2.00 bits per heavy atom. The van der Waals surface area contributed by atoms with Crippen LogP contribution in [0.5, 0.6) is 0 Å². The third-order valence-electron chi connectivity index (χ3n) is 4.38. The molecule has 1 saturated carbocycles. The molecule has 2 aromatic rings. The fourth-order valence-corrected chi connectivity index (χ4v) is 3.20. The first-order chi connectivity index (χ1) is 10.2. The number of carboxylic acids is 1. The molecule has 0 unspecified atom stereocenters. The average molecular weight is 287 g/mol. The Morgan fingerprint density at radius 1 is 1.29 bits per heavy atom. The number of carbonyl (C=O) groups is 1. The number of fused-ring (bicyclic) bond motifs is 1. The Balaban J connectivity index is 2.05. The lowest BCUT2D eigenvalue weighted by molar-refractivity contribution is 0.0690. The first-order valence-corrected chi connectivity index (χ1v) is 7.82. The van der Waals surface area contributed by atoms with Crippen LogP contribution in [0.2, 0.25) is 0 Å². The van der Waals surface area contributed by atoms with Gasteiger partial charge in [0.1, 0.15) is 0 Å². The quantitative estimate of drug-likeness (QED) is 0.878. The van der Waals surface area contributed by atoms with Gasteiger partial charge in [0.2, 0.25) is 0 Å². The number of rotatable bonds is 3. The summed E-state index contributed by atoms with van der Waals surface area (Å²) in [5.74, 6) is -0.496. The minimum Gasteiger partial charge on any atom is -0.476 e. The number of hydrogen-bond donors (Lipinski definition) is 1. The molecule has 21 heavy (non-hydrogen) atoms. The van der Waals surface area contributed by atoms with Crippen molar-refractivity contribution < 1.29 is 9.90 Å². The van der Waals surface area contributed by atoms with Gasteiger partial charge in [-0.3, -0.25) is 0 Å². The van der Waals surface area contributed by atoms with Crippen molar-refractivity contribution in [3.63, 3.8) is 0 Å². The normalized spacial score (nSPS) is 17.0. The number of carboxylic acid groups (broad SMARTS) is 1. The Labute approximate surface area is 124 Å². The van der Waals surface area contributed by atoms with E-state index in [4.69, 9.17) is 5.11 Å². The number of nitrogens with zero attached hydrogens (tertiary/aromatic N) is 3. The summed E-state index contributed by atoms with van der Waals surface area (Å²) in [6, 6.07) is 3.68. The Bertz CT molecular complexity index is 655. The van der Waals surface area contributed by atoms with E-state index in [0.717, 1.165) is 17.8 Å². The van der Waals surface area contributed by atoms with E-state index < -0.39 is 5.97 Å². The summed E-state index contributed by atoms with van der Waals surface area (Å²) in [4.78, 5) is 15.8. The second-order valence-corrected chi connectivity index (χ2v) is 5.82. The molecular formula is C16H21N3O2. The van der Waals surface area contributed by atoms with Crippen molar-refractivity contribution in [1.29, 1.82) is 0 Å². The van der Waals surface area contributed by atoms with Crippen LogP contribution in [-0.4, -0.2) is 25.7 Å². The molecule has 3 rings (SSSR count). The van der Waals surface area contributed by atoms with Gasteiger partial charge in [0.25, 0.3) is 0 Å². The number of aromatic nitrogens is 3. The first kappa shape index (κ1) is 14.0. The fraction of sp³-hybridized carbons (Fsp3) is 0.562. The zero-order valence-electron chi connectivity index (χ0n) is 12.4. The predicted molar refractivity (Wildman–Crippen MR) is 79.8 cm³/mol. The van der Waals surface area contributed by atoms with Gasteiger partial charge in [-0.05, 0) is 25.3 Å². The third-order valence-corrected chi connectivity index (χ3v) is 4.38. The van der Waals surface area contributed by atoms with Crippen LogP contribution in [0.15, 0.2) is 12.1 Å². The molecule has 5 nitrogen and oxygen atoms in total. The molecule has 2 heterocycles. The maximum Gasteiger partial charge on any atom is 0.356 e. The third kappa shape index (κ3) is 2.77. The standard InChI is InChI=1S/C16H21N3O2/c1-2-12-9-13(11-7-5-3-4-6-8-11)17-15-10-14(16(20)21)18-19(12)15/h9-11H,2-8H2,1H3,(H,20,21). The van der Waals surface area contributed by atoms with Crippen molar-refractivity contribution in [2.75, 3.05) is 0 Å². The molecule has 0 bridgehead atoms. The van der Waals surface area contributed by atoms with Crippen LogP contribution in [0.1, 0.15) is 73.2 Å². The molecule has 1 aliphatic carbocycles. The molecule has 0 atom stereocenters. The van der Waals surface area contributed by atoms with Crippen molar-refractivity contribution in [2.45, 2.75) is 57.8 Å². The van der Waals surface area contributed by atoms with Crippen LogP contribution in [0.25, 0.3) is 5.65 Å². The number of aromatic carboxylic acids is 1. The summed E-state index contributed by atoms with van der Waals surface area (Å²) in [6.45, 7) is 2.06. The van der Waals surface area contributed by atoms with Crippen LogP contribution < -0.4 is 0 Å². The van der Waals surface area contributed by atoms with E-state index >= 15 is 0 Å². The number of aryl methyl sites for hydroxylation is 1. The first-order valence-electron chi connectivity index (χ1n) is 7.82. The lowest BCUT2D eigenvalue weighted by atomic mass is 9.95. The SMILES string of the molecule is CCc1cc(C2CCCCCC2)nc2cc(C(=O)O)nn12. The predicted octanol–water partition coefficient (Wildman–Crippen LogP) is 3.43. The maximum absolute atomic E-state index is 11.1. The van der Waals surface area contributed by atoms with E-state index in [2.05, 4.69) is 23.1 Å². The van der Waals surface area contributed by atoms with Crippen molar-refractivity contribution in [3.8, 4) is 0 Å². The van der Waals surface area contributed by atoms with Gasteiger partial charge in [-0.15, -0.1) is 0 Å². The molecule has 1 aliphatic rings. The molecule has 0 radical (unpaired) electrons. The summed E-state index contributed by atoms with van der Waals surface area (Å²) in [7, 11) is 0. The van der Waals surface area contributed by atoms with Crippen molar-refractivity contribution >= 4 is 11.6 Å². The van der Waals surface area contributed by atoms with Crippen LogP contribution in [0.3, 0.4) is 0 Å². The van der Waals surface area contributed by atoms with Gasteiger partial charge in [-0.1, -0.05) is 32.6 Å². The van der Waals surface area contributed by atoms with Gasteiger partial charge in [0, 0.05) is 23.4 Å². The molecule has 1 fully saturated rings. The monoisotopic (exact) mass is 287 g/mol. The Kier molecular flexibility index (Phi) is 3.90.